The van der Waals surface area contributed by atoms with Crippen LogP contribution in [0.5, 0.6) is 5.75 Å². The van der Waals surface area contributed by atoms with Gasteiger partial charge >= 0.3 is 5.97 Å². The van der Waals surface area contributed by atoms with Crippen molar-refractivity contribution in [3.63, 3.8) is 0 Å². The standard InChI is InChI=1S/C22H26O3/c1-24-19-11-7-10-17(14-19)20-13-12-18(22(23)25-2)15-21(20)16-8-5-3-4-6-9-16/h7,10-16H,3-6,8-9H2,1-2H3. The zero-order valence-corrected chi connectivity index (χ0v) is 15.1. The molecule has 0 spiro atoms. The molecule has 1 aliphatic rings. The Morgan fingerprint density at radius 1 is 0.960 bits per heavy atom. The van der Waals surface area contributed by atoms with Gasteiger partial charge in [-0.15, -0.1) is 0 Å². The van der Waals surface area contributed by atoms with Crippen molar-refractivity contribution in [3.8, 4) is 16.9 Å². The van der Waals surface area contributed by atoms with Gasteiger partial charge in [0.25, 0.3) is 0 Å². The molecule has 0 heterocycles. The monoisotopic (exact) mass is 338 g/mol. The molecule has 25 heavy (non-hydrogen) atoms. The molecule has 0 bridgehead atoms. The maximum atomic E-state index is 12.0. The summed E-state index contributed by atoms with van der Waals surface area (Å²) in [4.78, 5) is 12.0. The first-order valence-electron chi connectivity index (χ1n) is 9.09. The predicted octanol–water partition coefficient (Wildman–Crippen LogP) is 5.59. The highest BCUT2D eigenvalue weighted by Gasteiger charge is 2.20. The van der Waals surface area contributed by atoms with Crippen molar-refractivity contribution in [2.75, 3.05) is 14.2 Å². The van der Waals surface area contributed by atoms with E-state index < -0.39 is 0 Å². The van der Waals surface area contributed by atoms with E-state index in [0.29, 0.717) is 11.5 Å². The highest BCUT2D eigenvalue weighted by atomic mass is 16.5. The lowest BCUT2D eigenvalue weighted by molar-refractivity contribution is 0.0600. The highest BCUT2D eigenvalue weighted by molar-refractivity contribution is 5.90. The van der Waals surface area contributed by atoms with Gasteiger partial charge in [0.1, 0.15) is 5.75 Å². The molecule has 0 N–H and O–H groups in total. The third kappa shape index (κ3) is 4.04. The first kappa shape index (κ1) is 17.5. The van der Waals surface area contributed by atoms with Gasteiger partial charge < -0.3 is 9.47 Å². The topological polar surface area (TPSA) is 35.5 Å². The van der Waals surface area contributed by atoms with E-state index in [-0.39, 0.29) is 5.97 Å². The molecular formula is C22H26O3. The summed E-state index contributed by atoms with van der Waals surface area (Å²) in [6.45, 7) is 0. The van der Waals surface area contributed by atoms with Crippen molar-refractivity contribution in [3.05, 3.63) is 53.6 Å². The largest absolute Gasteiger partial charge is 0.497 e. The number of carbonyl (C=O) groups is 1. The minimum absolute atomic E-state index is 0.271. The van der Waals surface area contributed by atoms with Crippen LogP contribution < -0.4 is 4.74 Å². The summed E-state index contributed by atoms with van der Waals surface area (Å²) < 4.78 is 10.3. The summed E-state index contributed by atoms with van der Waals surface area (Å²) in [6, 6.07) is 14.1. The van der Waals surface area contributed by atoms with E-state index >= 15 is 0 Å². The molecule has 0 saturated heterocycles. The van der Waals surface area contributed by atoms with Gasteiger partial charge in [-0.05, 0) is 59.7 Å². The number of benzene rings is 2. The molecule has 0 aliphatic heterocycles. The molecule has 1 fully saturated rings. The van der Waals surface area contributed by atoms with Crippen LogP contribution in [0.1, 0.15) is 60.4 Å². The van der Waals surface area contributed by atoms with E-state index in [1.165, 1.54) is 56.8 Å². The second kappa shape index (κ2) is 8.19. The Hall–Kier alpha value is -2.29. The number of hydrogen-bond acceptors (Lipinski definition) is 3. The van der Waals surface area contributed by atoms with Crippen LogP contribution in [0.25, 0.3) is 11.1 Å². The highest BCUT2D eigenvalue weighted by Crippen LogP contribution is 2.38. The van der Waals surface area contributed by atoms with Crippen LogP contribution in [0.4, 0.5) is 0 Å². The lowest BCUT2D eigenvalue weighted by Gasteiger charge is -2.20. The molecule has 3 nitrogen and oxygen atoms in total. The van der Waals surface area contributed by atoms with E-state index in [0.717, 1.165) is 11.3 Å². The number of hydrogen-bond donors (Lipinski definition) is 0. The minimum Gasteiger partial charge on any atom is -0.497 e. The van der Waals surface area contributed by atoms with Gasteiger partial charge in [-0.25, -0.2) is 4.79 Å². The molecule has 2 aromatic rings. The molecule has 1 saturated carbocycles. The molecule has 2 aromatic carbocycles. The molecule has 1 aliphatic carbocycles. The average Bonchev–Trinajstić information content (AvgIpc) is 2.96. The maximum Gasteiger partial charge on any atom is 0.337 e. The summed E-state index contributed by atoms with van der Waals surface area (Å²) >= 11 is 0. The Morgan fingerprint density at radius 2 is 1.72 bits per heavy atom. The lowest BCUT2D eigenvalue weighted by atomic mass is 9.85. The molecule has 0 aromatic heterocycles. The molecule has 0 atom stereocenters. The van der Waals surface area contributed by atoms with Gasteiger partial charge in [0.05, 0.1) is 19.8 Å². The number of esters is 1. The van der Waals surface area contributed by atoms with Crippen molar-refractivity contribution < 1.29 is 14.3 Å². The van der Waals surface area contributed by atoms with Gasteiger partial charge in [-0.2, -0.15) is 0 Å². The second-order valence-corrected chi connectivity index (χ2v) is 6.71. The van der Waals surface area contributed by atoms with Gasteiger partial charge in [-0.1, -0.05) is 43.9 Å². The Balaban J connectivity index is 2.07. The number of methoxy groups -OCH3 is 2. The van der Waals surface area contributed by atoms with Crippen molar-refractivity contribution >= 4 is 5.97 Å². The summed E-state index contributed by atoms with van der Waals surface area (Å²) in [5, 5.41) is 0. The SMILES string of the molecule is COC(=O)c1ccc(-c2cccc(OC)c2)c(C2CCCCCC2)c1. The Labute approximate surface area is 150 Å². The van der Waals surface area contributed by atoms with Crippen LogP contribution in [-0.4, -0.2) is 20.2 Å². The summed E-state index contributed by atoms with van der Waals surface area (Å²) in [5.41, 5.74) is 4.22. The van der Waals surface area contributed by atoms with Crippen molar-refractivity contribution in [1.29, 1.82) is 0 Å². The van der Waals surface area contributed by atoms with Crippen molar-refractivity contribution in [2.45, 2.75) is 44.4 Å². The fraction of sp³-hybridized carbons (Fsp3) is 0.409. The van der Waals surface area contributed by atoms with Crippen LogP contribution in [0, 0.1) is 0 Å². The average molecular weight is 338 g/mol. The maximum absolute atomic E-state index is 12.0. The van der Waals surface area contributed by atoms with Crippen LogP contribution >= 0.6 is 0 Å². The molecule has 3 heteroatoms. The van der Waals surface area contributed by atoms with Crippen LogP contribution in [0.2, 0.25) is 0 Å². The first-order valence-corrected chi connectivity index (χ1v) is 9.09. The molecule has 0 amide bonds. The smallest absolute Gasteiger partial charge is 0.337 e. The van der Waals surface area contributed by atoms with E-state index in [9.17, 15) is 4.79 Å². The Morgan fingerprint density at radius 3 is 2.40 bits per heavy atom. The van der Waals surface area contributed by atoms with E-state index in [1.807, 2.05) is 24.3 Å². The van der Waals surface area contributed by atoms with Gasteiger partial charge in [0, 0.05) is 0 Å². The number of ether oxygens (including phenoxy) is 2. The third-order valence-electron chi connectivity index (χ3n) is 5.15. The van der Waals surface area contributed by atoms with Crippen LogP contribution in [0.3, 0.4) is 0 Å². The summed E-state index contributed by atoms with van der Waals surface area (Å²) in [6.07, 6.45) is 7.49. The number of carbonyl (C=O) groups excluding carboxylic acids is 1. The first-order chi connectivity index (χ1) is 12.2. The summed E-state index contributed by atoms with van der Waals surface area (Å²) in [5.74, 6) is 1.07. The van der Waals surface area contributed by atoms with Crippen molar-refractivity contribution in [1.82, 2.24) is 0 Å². The normalized spacial score (nSPS) is 15.4. The zero-order chi connectivity index (χ0) is 17.6. The lowest BCUT2D eigenvalue weighted by Crippen LogP contribution is -2.06. The van der Waals surface area contributed by atoms with E-state index in [1.54, 1.807) is 7.11 Å². The molecule has 132 valence electrons. The number of rotatable bonds is 4. The minimum atomic E-state index is -0.271. The zero-order valence-electron chi connectivity index (χ0n) is 15.1. The van der Waals surface area contributed by atoms with Gasteiger partial charge in [0.15, 0.2) is 0 Å². The Kier molecular flexibility index (Phi) is 5.75. The molecule has 3 rings (SSSR count). The van der Waals surface area contributed by atoms with Crippen molar-refractivity contribution in [2.24, 2.45) is 0 Å². The fourth-order valence-electron chi connectivity index (χ4n) is 3.79. The predicted molar refractivity (Wildman–Crippen MR) is 100 cm³/mol. The summed E-state index contributed by atoms with van der Waals surface area (Å²) in [7, 11) is 3.12. The van der Waals surface area contributed by atoms with Gasteiger partial charge in [0.2, 0.25) is 0 Å². The van der Waals surface area contributed by atoms with Crippen LogP contribution in [0.15, 0.2) is 42.5 Å². The quantitative estimate of drug-likeness (QED) is 0.539. The Bertz CT molecular complexity index is 728. The molecule has 0 unspecified atom stereocenters. The van der Waals surface area contributed by atoms with E-state index in [2.05, 4.69) is 18.2 Å². The molecular weight excluding hydrogens is 312 g/mol. The molecule has 0 radical (unpaired) electrons. The third-order valence-corrected chi connectivity index (χ3v) is 5.15. The fourth-order valence-corrected chi connectivity index (χ4v) is 3.79. The second-order valence-electron chi connectivity index (χ2n) is 6.71. The van der Waals surface area contributed by atoms with Crippen LogP contribution in [-0.2, 0) is 4.74 Å². The van der Waals surface area contributed by atoms with E-state index in [4.69, 9.17) is 9.47 Å². The van der Waals surface area contributed by atoms with Gasteiger partial charge in [-0.3, -0.25) is 0 Å².